The minimum atomic E-state index is -3.69. The highest BCUT2D eigenvalue weighted by Gasteiger charge is 2.42. The van der Waals surface area contributed by atoms with Gasteiger partial charge in [-0.25, -0.2) is 12.7 Å². The van der Waals surface area contributed by atoms with Crippen LogP contribution in [0, 0.1) is 5.92 Å². The van der Waals surface area contributed by atoms with Gasteiger partial charge in [0.25, 0.3) is 5.91 Å². The van der Waals surface area contributed by atoms with E-state index in [-0.39, 0.29) is 23.4 Å². The third kappa shape index (κ3) is 3.48. The number of rotatable bonds is 4. The molecule has 0 radical (unpaired) electrons. The molecule has 1 aliphatic heterocycles. The Balaban J connectivity index is 1.83. The van der Waals surface area contributed by atoms with Crippen molar-refractivity contribution in [3.05, 3.63) is 65.7 Å². The van der Waals surface area contributed by atoms with Crippen LogP contribution in [0.1, 0.15) is 35.8 Å². The molecular formula is C19H20N2O4S. The first-order chi connectivity index (χ1) is 12.3. The normalized spacial score (nSPS) is 20.0. The Morgan fingerprint density at radius 2 is 1.85 bits per heavy atom. The smallest absolute Gasteiger partial charge is 0.251 e. The molecular weight excluding hydrogens is 352 g/mol. The van der Waals surface area contributed by atoms with Crippen molar-refractivity contribution in [3.8, 4) is 0 Å². The molecule has 3 rings (SSSR count). The number of hydrogen-bond acceptors (Lipinski definition) is 4. The maximum atomic E-state index is 12.5. The van der Waals surface area contributed by atoms with Crippen molar-refractivity contribution in [3.63, 3.8) is 0 Å². The fraction of sp³-hybridized carbons (Fsp3) is 0.263. The van der Waals surface area contributed by atoms with Gasteiger partial charge in [-0.15, -0.1) is 0 Å². The average molecular weight is 372 g/mol. The molecule has 2 aromatic carbocycles. The molecule has 136 valence electrons. The molecule has 0 unspecified atom stereocenters. The molecule has 1 saturated heterocycles. The van der Waals surface area contributed by atoms with Crippen LogP contribution in [0.4, 0.5) is 5.69 Å². The van der Waals surface area contributed by atoms with Gasteiger partial charge in [-0.2, -0.15) is 0 Å². The second-order valence-electron chi connectivity index (χ2n) is 6.44. The summed E-state index contributed by atoms with van der Waals surface area (Å²) >= 11 is 0. The van der Waals surface area contributed by atoms with Crippen molar-refractivity contribution in [1.82, 2.24) is 5.32 Å². The van der Waals surface area contributed by atoms with Gasteiger partial charge in [-0.3, -0.25) is 9.59 Å². The van der Waals surface area contributed by atoms with E-state index < -0.39 is 21.8 Å². The Kier molecular flexibility index (Phi) is 4.82. The molecule has 1 fully saturated rings. The summed E-state index contributed by atoms with van der Waals surface area (Å²) < 4.78 is 25.3. The van der Waals surface area contributed by atoms with Crippen LogP contribution in [-0.4, -0.2) is 26.0 Å². The Morgan fingerprint density at radius 1 is 1.15 bits per heavy atom. The van der Waals surface area contributed by atoms with E-state index in [1.165, 1.54) is 12.1 Å². The van der Waals surface area contributed by atoms with E-state index in [1.54, 1.807) is 19.1 Å². The summed E-state index contributed by atoms with van der Waals surface area (Å²) in [5.74, 6) is -1.61. The average Bonchev–Trinajstić information content (AvgIpc) is 2.82. The van der Waals surface area contributed by atoms with Gasteiger partial charge in [-0.1, -0.05) is 43.3 Å². The number of hydrogen-bond donors (Lipinski definition) is 1. The topological polar surface area (TPSA) is 83.6 Å². The Morgan fingerprint density at radius 3 is 2.46 bits per heavy atom. The standard InChI is InChI=1S/C19H20N2O4S/c1-13-12-26(24,25)21(19(13)23)17-10-6-9-16(11-17)18(22)20-14(2)15-7-4-3-5-8-15/h3-11,13-14H,12H2,1-2H3,(H,20,22)/t13-,14+/m0/s1. The molecule has 2 amide bonds. The van der Waals surface area contributed by atoms with Crippen molar-refractivity contribution in [2.45, 2.75) is 19.9 Å². The first kappa shape index (κ1) is 18.1. The third-order valence-electron chi connectivity index (χ3n) is 4.35. The van der Waals surface area contributed by atoms with E-state index >= 15 is 0 Å². The summed E-state index contributed by atoms with van der Waals surface area (Å²) in [6, 6.07) is 15.4. The fourth-order valence-corrected chi connectivity index (χ4v) is 4.78. The minimum absolute atomic E-state index is 0.194. The Hall–Kier alpha value is -2.67. The lowest BCUT2D eigenvalue weighted by Crippen LogP contribution is -2.31. The zero-order valence-corrected chi connectivity index (χ0v) is 15.4. The molecule has 2 atom stereocenters. The minimum Gasteiger partial charge on any atom is -0.346 e. The SMILES string of the molecule is C[C@H]1CS(=O)(=O)N(c2cccc(C(=O)N[C@H](C)c3ccccc3)c2)C1=O. The molecule has 6 nitrogen and oxygen atoms in total. The van der Waals surface area contributed by atoms with Gasteiger partial charge >= 0.3 is 0 Å². The highest BCUT2D eigenvalue weighted by atomic mass is 32.2. The number of carbonyl (C=O) groups excluding carboxylic acids is 2. The highest BCUT2D eigenvalue weighted by molar-refractivity contribution is 7.94. The zero-order chi connectivity index (χ0) is 18.9. The number of nitrogens with one attached hydrogen (secondary N) is 1. The summed E-state index contributed by atoms with van der Waals surface area (Å²) in [6.07, 6.45) is 0. The van der Waals surface area contributed by atoms with Crippen molar-refractivity contribution in [2.75, 3.05) is 10.1 Å². The zero-order valence-electron chi connectivity index (χ0n) is 14.5. The molecule has 1 heterocycles. The van der Waals surface area contributed by atoms with E-state index in [4.69, 9.17) is 0 Å². The van der Waals surface area contributed by atoms with Crippen LogP contribution >= 0.6 is 0 Å². The van der Waals surface area contributed by atoms with Crippen LogP contribution in [-0.2, 0) is 14.8 Å². The predicted molar refractivity (Wildman–Crippen MR) is 99.2 cm³/mol. The number of nitrogens with zero attached hydrogens (tertiary/aromatic N) is 1. The molecule has 1 aliphatic rings. The first-order valence-electron chi connectivity index (χ1n) is 8.32. The maximum absolute atomic E-state index is 12.5. The quantitative estimate of drug-likeness (QED) is 0.894. The Bertz CT molecular complexity index is 941. The van der Waals surface area contributed by atoms with Crippen LogP contribution in [0.15, 0.2) is 54.6 Å². The number of benzene rings is 2. The molecule has 1 N–H and O–H groups in total. The van der Waals surface area contributed by atoms with Gasteiger partial charge in [0.2, 0.25) is 15.9 Å². The van der Waals surface area contributed by atoms with E-state index in [2.05, 4.69) is 5.32 Å². The van der Waals surface area contributed by atoms with Crippen molar-refractivity contribution >= 4 is 27.5 Å². The lowest BCUT2D eigenvalue weighted by atomic mass is 10.1. The van der Waals surface area contributed by atoms with Crippen LogP contribution in [0.3, 0.4) is 0 Å². The van der Waals surface area contributed by atoms with Gasteiger partial charge in [0.05, 0.1) is 23.4 Å². The molecule has 0 aromatic heterocycles. The van der Waals surface area contributed by atoms with Gasteiger partial charge in [0.1, 0.15) is 0 Å². The third-order valence-corrected chi connectivity index (χ3v) is 6.22. The molecule has 26 heavy (non-hydrogen) atoms. The molecule has 2 aromatic rings. The summed E-state index contributed by atoms with van der Waals surface area (Å²) in [5.41, 5.74) is 1.45. The summed E-state index contributed by atoms with van der Waals surface area (Å²) in [5, 5.41) is 2.88. The summed E-state index contributed by atoms with van der Waals surface area (Å²) in [7, 11) is -3.69. The van der Waals surface area contributed by atoms with Gasteiger partial charge in [0.15, 0.2) is 0 Å². The summed E-state index contributed by atoms with van der Waals surface area (Å²) in [4.78, 5) is 24.8. The predicted octanol–water partition coefficient (Wildman–Crippen LogP) is 2.49. The number of anilines is 1. The van der Waals surface area contributed by atoms with Crippen molar-refractivity contribution in [2.24, 2.45) is 5.92 Å². The fourth-order valence-electron chi connectivity index (χ4n) is 2.97. The second kappa shape index (κ2) is 6.92. The van der Waals surface area contributed by atoms with E-state index in [9.17, 15) is 18.0 Å². The summed E-state index contributed by atoms with van der Waals surface area (Å²) in [6.45, 7) is 3.45. The monoisotopic (exact) mass is 372 g/mol. The van der Waals surface area contributed by atoms with Gasteiger partial charge in [-0.05, 0) is 30.7 Å². The van der Waals surface area contributed by atoms with Crippen molar-refractivity contribution in [1.29, 1.82) is 0 Å². The number of amides is 2. The van der Waals surface area contributed by atoms with Crippen molar-refractivity contribution < 1.29 is 18.0 Å². The van der Waals surface area contributed by atoms with Crippen LogP contribution in [0.2, 0.25) is 0 Å². The molecule has 0 spiro atoms. The van der Waals surface area contributed by atoms with Crippen LogP contribution < -0.4 is 9.62 Å². The maximum Gasteiger partial charge on any atom is 0.251 e. The van der Waals surface area contributed by atoms with E-state index in [0.717, 1.165) is 9.87 Å². The number of carbonyl (C=O) groups is 2. The van der Waals surface area contributed by atoms with Gasteiger partial charge in [0, 0.05) is 5.56 Å². The lowest BCUT2D eigenvalue weighted by molar-refractivity contribution is -0.119. The van der Waals surface area contributed by atoms with Gasteiger partial charge < -0.3 is 5.32 Å². The molecule has 0 aliphatic carbocycles. The molecule has 0 bridgehead atoms. The second-order valence-corrected chi connectivity index (χ2v) is 8.30. The largest absolute Gasteiger partial charge is 0.346 e. The molecule has 7 heteroatoms. The Labute approximate surface area is 152 Å². The highest BCUT2D eigenvalue weighted by Crippen LogP contribution is 2.28. The number of sulfonamides is 1. The van der Waals surface area contributed by atoms with Crippen LogP contribution in [0.25, 0.3) is 0 Å². The van der Waals surface area contributed by atoms with E-state index in [0.29, 0.717) is 5.56 Å². The van der Waals surface area contributed by atoms with Crippen LogP contribution in [0.5, 0.6) is 0 Å². The molecule has 0 saturated carbocycles. The van der Waals surface area contributed by atoms with E-state index in [1.807, 2.05) is 37.3 Å². The lowest BCUT2D eigenvalue weighted by Gasteiger charge is -2.17. The first-order valence-corrected chi connectivity index (χ1v) is 9.93.